The molecule has 1 aliphatic rings. The summed E-state index contributed by atoms with van der Waals surface area (Å²) in [5.41, 5.74) is 7.52. The molecule has 0 bridgehead atoms. The number of benzene rings is 3. The highest BCUT2D eigenvalue weighted by molar-refractivity contribution is 6.01. The molecule has 1 aliphatic heterocycles. The fourth-order valence-electron chi connectivity index (χ4n) is 4.62. The molecule has 2 amide bonds. The predicted molar refractivity (Wildman–Crippen MR) is 144 cm³/mol. The van der Waals surface area contributed by atoms with Gasteiger partial charge in [-0.3, -0.25) is 4.90 Å². The number of allylic oxidation sites excluding steroid dienone is 1. The largest absolute Gasteiger partial charge is 0.497 e. The zero-order valence-corrected chi connectivity index (χ0v) is 21.7. The van der Waals surface area contributed by atoms with Gasteiger partial charge in [-0.2, -0.15) is 4.98 Å². The lowest BCUT2D eigenvalue weighted by Crippen LogP contribution is -2.46. The second-order valence-electron chi connectivity index (χ2n) is 9.24. The summed E-state index contributed by atoms with van der Waals surface area (Å²) in [6.07, 6.45) is 0.927. The first-order valence-electron chi connectivity index (χ1n) is 12.4. The topological polar surface area (TPSA) is 80.5 Å². The van der Waals surface area contributed by atoms with Crippen LogP contribution >= 0.6 is 0 Å². The molecule has 3 aromatic carbocycles. The van der Waals surface area contributed by atoms with Gasteiger partial charge >= 0.3 is 6.03 Å². The van der Waals surface area contributed by atoms with Crippen molar-refractivity contribution in [2.45, 2.75) is 40.2 Å². The molecule has 2 heterocycles. The van der Waals surface area contributed by atoms with Crippen LogP contribution in [0.25, 0.3) is 17.0 Å². The molecule has 5 rings (SSSR count). The van der Waals surface area contributed by atoms with Crippen LogP contribution in [-0.2, 0) is 6.42 Å². The van der Waals surface area contributed by atoms with Gasteiger partial charge in [0.1, 0.15) is 5.75 Å². The zero-order valence-electron chi connectivity index (χ0n) is 21.7. The first-order valence-corrected chi connectivity index (χ1v) is 12.4. The third kappa shape index (κ3) is 4.60. The van der Waals surface area contributed by atoms with Crippen LogP contribution in [-0.4, -0.2) is 23.3 Å². The zero-order chi connectivity index (χ0) is 26.1. The van der Waals surface area contributed by atoms with Crippen molar-refractivity contribution in [2.75, 3.05) is 12.0 Å². The normalized spacial score (nSPS) is 15.6. The van der Waals surface area contributed by atoms with Crippen molar-refractivity contribution in [1.29, 1.82) is 0 Å². The maximum Gasteiger partial charge on any atom is 0.326 e. The van der Waals surface area contributed by atoms with Gasteiger partial charge in [0, 0.05) is 11.3 Å². The van der Waals surface area contributed by atoms with Gasteiger partial charge in [-0.05, 0) is 73.7 Å². The van der Waals surface area contributed by atoms with E-state index in [1.54, 1.807) is 12.0 Å². The van der Waals surface area contributed by atoms with Crippen LogP contribution in [0, 0.1) is 13.8 Å². The fourth-order valence-corrected chi connectivity index (χ4v) is 4.62. The molecule has 188 valence electrons. The second kappa shape index (κ2) is 9.93. The van der Waals surface area contributed by atoms with E-state index in [4.69, 9.17) is 14.2 Å². The fraction of sp³-hybridized carbons (Fsp3) is 0.233. The van der Waals surface area contributed by atoms with Crippen LogP contribution in [0.3, 0.4) is 0 Å². The van der Waals surface area contributed by atoms with E-state index in [-0.39, 0.29) is 6.03 Å². The molecule has 0 saturated heterocycles. The van der Waals surface area contributed by atoms with E-state index in [2.05, 4.69) is 43.4 Å². The molecule has 0 fully saturated rings. The molecule has 0 aliphatic carbocycles. The Kier molecular flexibility index (Phi) is 6.53. The van der Waals surface area contributed by atoms with Gasteiger partial charge in [0.25, 0.3) is 5.89 Å². The van der Waals surface area contributed by atoms with E-state index in [1.807, 2.05) is 61.5 Å². The van der Waals surface area contributed by atoms with Crippen molar-refractivity contribution >= 4 is 17.3 Å². The molecule has 7 nitrogen and oxygen atoms in total. The number of methoxy groups -OCH3 is 1. The molecule has 0 spiro atoms. The lowest BCUT2D eigenvalue weighted by Gasteiger charge is -2.35. The van der Waals surface area contributed by atoms with Gasteiger partial charge in [0.05, 0.1) is 24.4 Å². The first kappa shape index (κ1) is 24.3. The number of urea groups is 1. The van der Waals surface area contributed by atoms with Crippen LogP contribution in [0.2, 0.25) is 0 Å². The summed E-state index contributed by atoms with van der Waals surface area (Å²) < 4.78 is 11.2. The molecule has 1 unspecified atom stereocenters. The Balaban J connectivity index is 1.64. The van der Waals surface area contributed by atoms with Gasteiger partial charge in [0.15, 0.2) is 0 Å². The number of nitrogens with one attached hydrogen (secondary N) is 1. The second-order valence-corrected chi connectivity index (χ2v) is 9.24. The predicted octanol–water partition coefficient (Wildman–Crippen LogP) is 6.63. The summed E-state index contributed by atoms with van der Waals surface area (Å²) in [6, 6.07) is 21.1. The van der Waals surface area contributed by atoms with E-state index < -0.39 is 6.04 Å². The van der Waals surface area contributed by atoms with Gasteiger partial charge in [-0.25, -0.2) is 4.79 Å². The Labute approximate surface area is 216 Å². The van der Waals surface area contributed by atoms with Crippen LogP contribution in [0.15, 0.2) is 77.0 Å². The van der Waals surface area contributed by atoms with Crippen molar-refractivity contribution in [3.8, 4) is 17.1 Å². The van der Waals surface area contributed by atoms with E-state index in [9.17, 15) is 4.79 Å². The summed E-state index contributed by atoms with van der Waals surface area (Å²) in [5, 5.41) is 7.45. The molecule has 0 radical (unpaired) electrons. The Morgan fingerprint density at radius 2 is 1.78 bits per heavy atom. The van der Waals surface area contributed by atoms with Gasteiger partial charge in [-0.1, -0.05) is 54.5 Å². The van der Waals surface area contributed by atoms with Gasteiger partial charge in [-0.15, -0.1) is 0 Å². The van der Waals surface area contributed by atoms with E-state index in [0.29, 0.717) is 17.5 Å². The number of aryl methyl sites for hydroxylation is 3. The maximum absolute atomic E-state index is 13.5. The summed E-state index contributed by atoms with van der Waals surface area (Å²) in [4.78, 5) is 19.9. The summed E-state index contributed by atoms with van der Waals surface area (Å²) in [5.74, 6) is 1.51. The molecule has 1 aromatic heterocycles. The number of rotatable bonds is 6. The number of carbonyl (C=O) groups excluding carboxylic acids is 1. The Bertz CT molecular complexity index is 1490. The molecule has 4 aromatic rings. The van der Waals surface area contributed by atoms with Crippen LogP contribution in [0.5, 0.6) is 5.75 Å². The van der Waals surface area contributed by atoms with Crippen molar-refractivity contribution in [3.05, 3.63) is 101 Å². The third-order valence-electron chi connectivity index (χ3n) is 6.94. The minimum absolute atomic E-state index is 0.207. The number of hydrogen-bond acceptors (Lipinski definition) is 5. The number of carbonyl (C=O) groups is 1. The molecule has 1 N–H and O–H groups in total. The highest BCUT2D eigenvalue weighted by Crippen LogP contribution is 2.39. The Morgan fingerprint density at radius 3 is 2.49 bits per heavy atom. The molecular weight excluding hydrogens is 464 g/mol. The minimum atomic E-state index is -0.448. The summed E-state index contributed by atoms with van der Waals surface area (Å²) >= 11 is 0. The number of hydrogen-bond donors (Lipinski definition) is 1. The quantitative estimate of drug-likeness (QED) is 0.326. The first-order chi connectivity index (χ1) is 17.9. The Hall–Kier alpha value is -4.39. The Morgan fingerprint density at radius 1 is 1.00 bits per heavy atom. The van der Waals surface area contributed by atoms with E-state index in [1.165, 1.54) is 11.1 Å². The van der Waals surface area contributed by atoms with Crippen LogP contribution < -0.4 is 15.0 Å². The SMILES string of the molecule is CCc1ccc(N2C(=O)NC(c3ccc(C)c(C)c3)C(c3nc(-c4cccc(OC)c4)no3)=C2C)cc1. The van der Waals surface area contributed by atoms with E-state index >= 15 is 0 Å². The minimum Gasteiger partial charge on any atom is -0.497 e. The summed E-state index contributed by atoms with van der Waals surface area (Å²) in [7, 11) is 1.62. The van der Waals surface area contributed by atoms with Crippen molar-refractivity contribution in [3.63, 3.8) is 0 Å². The molecule has 37 heavy (non-hydrogen) atoms. The highest BCUT2D eigenvalue weighted by atomic mass is 16.5. The number of aromatic nitrogens is 2. The van der Waals surface area contributed by atoms with E-state index in [0.717, 1.165) is 40.1 Å². The lowest BCUT2D eigenvalue weighted by molar-refractivity contribution is 0.244. The van der Waals surface area contributed by atoms with Crippen molar-refractivity contribution in [1.82, 2.24) is 15.5 Å². The van der Waals surface area contributed by atoms with Crippen LogP contribution in [0.1, 0.15) is 48.0 Å². The van der Waals surface area contributed by atoms with Crippen LogP contribution in [0.4, 0.5) is 10.5 Å². The standard InChI is InChI=1S/C30H30N4O3/c1-6-21-11-14-24(15-12-21)34-20(4)26(27(31-30(34)35)22-13-10-18(2)19(3)16-22)29-32-28(33-37-29)23-8-7-9-25(17-23)36-5/h7-17,27H,6H2,1-5H3,(H,31,35). The molecule has 0 saturated carbocycles. The number of amides is 2. The van der Waals surface area contributed by atoms with Crippen molar-refractivity contribution in [2.24, 2.45) is 0 Å². The molecule has 7 heteroatoms. The number of ether oxygens (including phenoxy) is 1. The number of anilines is 1. The average Bonchev–Trinajstić information content (AvgIpc) is 3.40. The third-order valence-corrected chi connectivity index (χ3v) is 6.94. The molecule has 1 atom stereocenters. The number of nitrogens with zero attached hydrogens (tertiary/aromatic N) is 3. The van der Waals surface area contributed by atoms with Gasteiger partial charge < -0.3 is 14.6 Å². The molecular formula is C30H30N4O3. The van der Waals surface area contributed by atoms with Crippen molar-refractivity contribution < 1.29 is 14.1 Å². The average molecular weight is 495 g/mol. The lowest BCUT2D eigenvalue weighted by atomic mass is 9.92. The monoisotopic (exact) mass is 494 g/mol. The smallest absolute Gasteiger partial charge is 0.326 e. The highest BCUT2D eigenvalue weighted by Gasteiger charge is 2.36. The van der Waals surface area contributed by atoms with Gasteiger partial charge in [0.2, 0.25) is 5.82 Å². The summed E-state index contributed by atoms with van der Waals surface area (Å²) in [6.45, 7) is 8.16. The maximum atomic E-state index is 13.5.